The fourth-order valence-electron chi connectivity index (χ4n) is 5.00. The van der Waals surface area contributed by atoms with Gasteiger partial charge >= 0.3 is 0 Å². The Labute approximate surface area is 236 Å². The summed E-state index contributed by atoms with van der Waals surface area (Å²) in [5.41, 5.74) is 4.81. The number of aliphatic hydroxyl groups is 1. The van der Waals surface area contributed by atoms with E-state index in [0.29, 0.717) is 17.0 Å². The lowest BCUT2D eigenvalue weighted by Gasteiger charge is -2.30. The van der Waals surface area contributed by atoms with E-state index in [1.165, 1.54) is 18.4 Å². The van der Waals surface area contributed by atoms with Crippen LogP contribution in [-0.4, -0.2) is 69.8 Å². The third-order valence-corrected chi connectivity index (χ3v) is 8.11. The van der Waals surface area contributed by atoms with Crippen LogP contribution in [-0.2, 0) is 14.4 Å². The largest absolute Gasteiger partial charge is 0.388 e. The number of hydrogen-bond donors (Lipinski definition) is 3. The molecule has 3 amide bonds. The molecule has 4 rings (SSSR count). The maximum absolute atomic E-state index is 15.3. The van der Waals surface area contributed by atoms with Crippen molar-refractivity contribution in [2.75, 3.05) is 13.6 Å². The summed E-state index contributed by atoms with van der Waals surface area (Å²) in [6.07, 6.45) is -3.65. The molecule has 0 spiro atoms. The van der Waals surface area contributed by atoms with E-state index in [2.05, 4.69) is 20.8 Å². The number of likely N-dealkylation sites (tertiary alicyclic amines) is 1. The molecule has 1 aliphatic rings. The Morgan fingerprint density at radius 2 is 1.93 bits per heavy atom. The van der Waals surface area contributed by atoms with Crippen LogP contribution >= 0.6 is 11.3 Å². The Morgan fingerprint density at radius 1 is 1.23 bits per heavy atom. The molecule has 0 saturated carbocycles. The van der Waals surface area contributed by atoms with Gasteiger partial charge in [-0.25, -0.2) is 9.37 Å². The van der Waals surface area contributed by atoms with E-state index >= 15 is 4.39 Å². The molecule has 1 aromatic carbocycles. The number of nitrogens with zero attached hydrogens (tertiary/aromatic N) is 3. The maximum atomic E-state index is 15.3. The van der Waals surface area contributed by atoms with Crippen LogP contribution in [0.2, 0.25) is 0 Å². The minimum absolute atomic E-state index is 0.104. The Bertz CT molecular complexity index is 1360. The van der Waals surface area contributed by atoms with E-state index in [-0.39, 0.29) is 24.8 Å². The standard InChI is InChI=1S/C28H34FN5O5S/c1-14(2)23(21-10-15(3)33-39-21)28(38)34-12-20(35)24(29)25(34)27(37)32-19(11-22(36)30-5)17-6-8-18(9-7-17)26-16(4)31-13-40-26/h6-10,13-14,19-20,23-25,35H,11-12H2,1-5H3,(H,30,36)(H,32,37)/t19-,20-,23+,24-,25-/m0/s1. The molecule has 5 atom stereocenters. The molecule has 40 heavy (non-hydrogen) atoms. The van der Waals surface area contributed by atoms with Crippen molar-refractivity contribution in [1.82, 2.24) is 25.7 Å². The van der Waals surface area contributed by atoms with Crippen LogP contribution in [0.3, 0.4) is 0 Å². The lowest BCUT2D eigenvalue weighted by Crippen LogP contribution is -2.52. The van der Waals surface area contributed by atoms with Crippen LogP contribution in [0.15, 0.2) is 40.4 Å². The van der Waals surface area contributed by atoms with Crippen LogP contribution < -0.4 is 10.6 Å². The highest BCUT2D eigenvalue weighted by Crippen LogP contribution is 2.33. The number of hydrogen-bond acceptors (Lipinski definition) is 8. The van der Waals surface area contributed by atoms with Crippen molar-refractivity contribution in [3.8, 4) is 10.4 Å². The monoisotopic (exact) mass is 571 g/mol. The zero-order valence-corrected chi connectivity index (χ0v) is 23.9. The van der Waals surface area contributed by atoms with Crippen LogP contribution in [0.5, 0.6) is 0 Å². The van der Waals surface area contributed by atoms with Gasteiger partial charge in [-0.3, -0.25) is 14.4 Å². The predicted molar refractivity (Wildman–Crippen MR) is 147 cm³/mol. The normalized spacial score (nSPS) is 20.4. The zero-order valence-electron chi connectivity index (χ0n) is 23.1. The van der Waals surface area contributed by atoms with Crippen LogP contribution in [0, 0.1) is 19.8 Å². The van der Waals surface area contributed by atoms with Crippen molar-refractivity contribution in [1.29, 1.82) is 0 Å². The van der Waals surface area contributed by atoms with Gasteiger partial charge in [-0.05, 0) is 30.9 Å². The van der Waals surface area contributed by atoms with Crippen molar-refractivity contribution in [3.63, 3.8) is 0 Å². The summed E-state index contributed by atoms with van der Waals surface area (Å²) in [6, 6.07) is 6.58. The van der Waals surface area contributed by atoms with Crippen molar-refractivity contribution >= 4 is 29.1 Å². The van der Waals surface area contributed by atoms with Gasteiger partial charge in [0.1, 0.15) is 23.8 Å². The minimum atomic E-state index is -2.01. The quantitative estimate of drug-likeness (QED) is 0.359. The fourth-order valence-corrected chi connectivity index (χ4v) is 5.81. The first-order valence-corrected chi connectivity index (χ1v) is 14.0. The number of carbonyl (C=O) groups is 3. The van der Waals surface area contributed by atoms with Gasteiger partial charge in [0.2, 0.25) is 17.7 Å². The van der Waals surface area contributed by atoms with E-state index in [0.717, 1.165) is 21.0 Å². The van der Waals surface area contributed by atoms with Crippen molar-refractivity contribution < 1.29 is 28.4 Å². The molecular formula is C28H34FN5O5S. The molecule has 3 aromatic rings. The molecular weight excluding hydrogens is 537 g/mol. The summed E-state index contributed by atoms with van der Waals surface area (Å²) in [7, 11) is 1.49. The number of thiazole rings is 1. The smallest absolute Gasteiger partial charge is 0.246 e. The van der Waals surface area contributed by atoms with Gasteiger partial charge in [0.15, 0.2) is 6.17 Å². The number of alkyl halides is 1. The molecule has 0 unspecified atom stereocenters. The minimum Gasteiger partial charge on any atom is -0.388 e. The average molecular weight is 572 g/mol. The molecule has 1 aliphatic heterocycles. The van der Waals surface area contributed by atoms with Crippen molar-refractivity contribution in [2.45, 2.75) is 64.4 Å². The molecule has 10 nitrogen and oxygen atoms in total. The van der Waals surface area contributed by atoms with E-state index in [9.17, 15) is 19.5 Å². The van der Waals surface area contributed by atoms with Gasteiger partial charge in [0.05, 0.1) is 40.8 Å². The average Bonchev–Trinajstić information content (AvgIpc) is 3.62. The second-order valence-corrected chi connectivity index (χ2v) is 11.2. The summed E-state index contributed by atoms with van der Waals surface area (Å²) >= 11 is 1.51. The number of aromatic nitrogens is 2. The van der Waals surface area contributed by atoms with E-state index in [4.69, 9.17) is 4.52 Å². The number of β-amino-alcohol motifs (C(OH)–C–C–N with tert-alkyl or cyclic N) is 1. The number of rotatable bonds is 9. The summed E-state index contributed by atoms with van der Waals surface area (Å²) < 4.78 is 20.7. The summed E-state index contributed by atoms with van der Waals surface area (Å²) in [6.45, 7) is 6.91. The predicted octanol–water partition coefficient (Wildman–Crippen LogP) is 3.06. The van der Waals surface area contributed by atoms with Crippen LogP contribution in [0.4, 0.5) is 4.39 Å². The first-order chi connectivity index (χ1) is 19.0. The second kappa shape index (κ2) is 12.3. The molecule has 3 heterocycles. The zero-order chi connectivity index (χ0) is 29.1. The number of carbonyl (C=O) groups excluding carboxylic acids is 3. The summed E-state index contributed by atoms with van der Waals surface area (Å²) in [5, 5.41) is 19.5. The Balaban J connectivity index is 1.60. The van der Waals surface area contributed by atoms with Gasteiger partial charge in [-0.2, -0.15) is 0 Å². The Hall–Kier alpha value is -3.64. The summed E-state index contributed by atoms with van der Waals surface area (Å²) in [4.78, 5) is 45.9. The molecule has 214 valence electrons. The third kappa shape index (κ3) is 6.07. The molecule has 3 N–H and O–H groups in total. The summed E-state index contributed by atoms with van der Waals surface area (Å²) in [5.74, 6) is -2.44. The van der Waals surface area contributed by atoms with Crippen LogP contribution in [0.1, 0.15) is 54.9 Å². The molecule has 1 fully saturated rings. The second-order valence-electron chi connectivity index (χ2n) is 10.4. The molecule has 1 saturated heterocycles. The molecule has 12 heteroatoms. The van der Waals surface area contributed by atoms with Gasteiger partial charge in [-0.1, -0.05) is 43.3 Å². The highest BCUT2D eigenvalue weighted by molar-refractivity contribution is 7.13. The molecule has 2 aromatic heterocycles. The van der Waals surface area contributed by atoms with Gasteiger partial charge in [-0.15, -0.1) is 11.3 Å². The van der Waals surface area contributed by atoms with E-state index < -0.39 is 42.1 Å². The topological polar surface area (TPSA) is 138 Å². The lowest BCUT2D eigenvalue weighted by atomic mass is 9.91. The molecule has 0 bridgehead atoms. The SMILES string of the molecule is CNC(=O)C[C@H](NC(=O)[C@@H]1[C@@H](F)[C@@H](O)CN1C(=O)[C@@H](c1cc(C)no1)C(C)C)c1ccc(-c2scnc2C)cc1. The first kappa shape index (κ1) is 29.3. The van der Waals surface area contributed by atoms with E-state index in [1.807, 2.05) is 32.9 Å². The Morgan fingerprint density at radius 3 is 2.48 bits per heavy atom. The highest BCUT2D eigenvalue weighted by Gasteiger charge is 2.50. The van der Waals surface area contributed by atoms with Gasteiger partial charge in [0, 0.05) is 13.1 Å². The Kier molecular flexibility index (Phi) is 8.99. The number of benzene rings is 1. The van der Waals surface area contributed by atoms with Gasteiger partial charge < -0.3 is 25.2 Å². The highest BCUT2D eigenvalue weighted by atomic mass is 32.1. The van der Waals surface area contributed by atoms with Crippen LogP contribution in [0.25, 0.3) is 10.4 Å². The number of nitrogens with one attached hydrogen (secondary N) is 2. The number of aliphatic hydroxyl groups excluding tert-OH is 1. The first-order valence-electron chi connectivity index (χ1n) is 13.1. The number of aryl methyl sites for hydroxylation is 2. The van der Waals surface area contributed by atoms with E-state index in [1.54, 1.807) is 30.6 Å². The maximum Gasteiger partial charge on any atom is 0.246 e. The molecule has 0 aliphatic carbocycles. The third-order valence-electron chi connectivity index (χ3n) is 7.13. The van der Waals surface area contributed by atoms with Gasteiger partial charge in [0.25, 0.3) is 0 Å². The lowest BCUT2D eigenvalue weighted by molar-refractivity contribution is -0.142. The fraction of sp³-hybridized carbons (Fsp3) is 0.464. The number of halogens is 1. The number of amides is 3. The van der Waals surface area contributed by atoms with Crippen molar-refractivity contribution in [2.24, 2.45) is 5.92 Å². The van der Waals surface area contributed by atoms with Crippen molar-refractivity contribution in [3.05, 3.63) is 58.6 Å². The molecule has 0 radical (unpaired) electrons.